The highest BCUT2D eigenvalue weighted by Gasteiger charge is 2.20. The minimum Gasteiger partial charge on any atom is -0.369 e. The van der Waals surface area contributed by atoms with Crippen molar-refractivity contribution in [3.63, 3.8) is 0 Å². The lowest BCUT2D eigenvalue weighted by molar-refractivity contribution is -0.123. The van der Waals surface area contributed by atoms with Crippen LogP contribution in [0.1, 0.15) is 15.9 Å². The van der Waals surface area contributed by atoms with Crippen molar-refractivity contribution in [2.45, 2.75) is 6.92 Å². The molecule has 1 aliphatic rings. The van der Waals surface area contributed by atoms with Crippen LogP contribution in [0.5, 0.6) is 0 Å². The minimum absolute atomic E-state index is 0.214. The molecule has 1 heterocycles. The number of nitrogens with one attached hydrogen (secondary N) is 2. The molecule has 2 N–H and O–H groups in total. The summed E-state index contributed by atoms with van der Waals surface area (Å²) in [5.74, 6) is -1.18. The summed E-state index contributed by atoms with van der Waals surface area (Å²) in [6, 6.07) is 13.4. The molecule has 1 fully saturated rings. The fourth-order valence-corrected chi connectivity index (χ4v) is 3.11. The summed E-state index contributed by atoms with van der Waals surface area (Å²) in [6.07, 6.45) is 0. The molecule has 2 amide bonds. The predicted molar refractivity (Wildman–Crippen MR) is 102 cm³/mol. The van der Waals surface area contributed by atoms with Crippen LogP contribution >= 0.6 is 0 Å². The summed E-state index contributed by atoms with van der Waals surface area (Å²) in [6.45, 7) is 5.55. The molecule has 2 aromatic carbocycles. The quantitative estimate of drug-likeness (QED) is 0.805. The van der Waals surface area contributed by atoms with E-state index in [-0.39, 0.29) is 18.0 Å². The average Bonchev–Trinajstić information content (AvgIpc) is 2.68. The number of hydrazine groups is 1. The molecule has 1 aliphatic heterocycles. The van der Waals surface area contributed by atoms with E-state index in [1.165, 1.54) is 35.5 Å². The SMILES string of the molecule is Cc1ccccc1N1CCN(CC(=O)NNC(=O)c2ccc(F)cc2)CC1. The first-order valence-corrected chi connectivity index (χ1v) is 8.90. The molecule has 0 saturated carbocycles. The van der Waals surface area contributed by atoms with Crippen LogP contribution in [-0.4, -0.2) is 49.4 Å². The molecule has 0 spiro atoms. The molecule has 6 nitrogen and oxygen atoms in total. The van der Waals surface area contributed by atoms with E-state index in [0.717, 1.165) is 26.2 Å². The second kappa shape index (κ2) is 8.64. The number of rotatable bonds is 4. The number of hydrogen-bond acceptors (Lipinski definition) is 4. The maximum atomic E-state index is 12.9. The lowest BCUT2D eigenvalue weighted by Gasteiger charge is -2.36. The number of aryl methyl sites for hydroxylation is 1. The van der Waals surface area contributed by atoms with Crippen molar-refractivity contribution in [3.05, 3.63) is 65.5 Å². The van der Waals surface area contributed by atoms with Crippen LogP contribution in [0, 0.1) is 12.7 Å². The molecule has 0 bridgehead atoms. The predicted octanol–water partition coefficient (Wildman–Crippen LogP) is 1.72. The van der Waals surface area contributed by atoms with Gasteiger partial charge in [-0.1, -0.05) is 18.2 Å². The molecular formula is C20H23FN4O2. The van der Waals surface area contributed by atoms with Gasteiger partial charge in [0.05, 0.1) is 6.54 Å². The van der Waals surface area contributed by atoms with Gasteiger partial charge in [0.25, 0.3) is 11.8 Å². The Morgan fingerprint density at radius 2 is 1.63 bits per heavy atom. The van der Waals surface area contributed by atoms with Gasteiger partial charge in [0, 0.05) is 37.4 Å². The van der Waals surface area contributed by atoms with Crippen LogP contribution in [0.2, 0.25) is 0 Å². The van der Waals surface area contributed by atoms with E-state index in [4.69, 9.17) is 0 Å². The first-order chi connectivity index (χ1) is 13.0. The number of hydrogen-bond donors (Lipinski definition) is 2. The van der Waals surface area contributed by atoms with Gasteiger partial charge in [0.15, 0.2) is 0 Å². The molecule has 27 heavy (non-hydrogen) atoms. The summed E-state index contributed by atoms with van der Waals surface area (Å²) in [5, 5.41) is 0. The molecule has 2 aromatic rings. The van der Waals surface area contributed by atoms with E-state index in [9.17, 15) is 14.0 Å². The van der Waals surface area contributed by atoms with Gasteiger partial charge in [-0.15, -0.1) is 0 Å². The van der Waals surface area contributed by atoms with Crippen LogP contribution in [0.25, 0.3) is 0 Å². The Morgan fingerprint density at radius 1 is 0.963 bits per heavy atom. The van der Waals surface area contributed by atoms with E-state index < -0.39 is 11.7 Å². The van der Waals surface area contributed by atoms with E-state index >= 15 is 0 Å². The second-order valence-corrected chi connectivity index (χ2v) is 6.56. The zero-order valence-corrected chi connectivity index (χ0v) is 15.2. The average molecular weight is 370 g/mol. The molecule has 3 rings (SSSR count). The Balaban J connectivity index is 1.42. The molecular weight excluding hydrogens is 347 g/mol. The van der Waals surface area contributed by atoms with E-state index in [0.29, 0.717) is 0 Å². The zero-order chi connectivity index (χ0) is 19.2. The van der Waals surface area contributed by atoms with Gasteiger partial charge in [0.2, 0.25) is 0 Å². The molecule has 142 valence electrons. The topological polar surface area (TPSA) is 64.7 Å². The first kappa shape index (κ1) is 18.8. The van der Waals surface area contributed by atoms with Crippen molar-refractivity contribution in [1.82, 2.24) is 15.8 Å². The zero-order valence-electron chi connectivity index (χ0n) is 15.2. The number of para-hydroxylation sites is 1. The van der Waals surface area contributed by atoms with Crippen LogP contribution < -0.4 is 15.8 Å². The van der Waals surface area contributed by atoms with Crippen molar-refractivity contribution in [2.24, 2.45) is 0 Å². The number of amides is 2. The molecule has 0 radical (unpaired) electrons. The van der Waals surface area contributed by atoms with Gasteiger partial charge in [-0.25, -0.2) is 4.39 Å². The standard InChI is InChI=1S/C20H23FN4O2/c1-15-4-2-3-5-18(15)25-12-10-24(11-13-25)14-19(26)22-23-20(27)16-6-8-17(21)9-7-16/h2-9H,10-14H2,1H3,(H,22,26)(H,23,27). The third-order valence-electron chi connectivity index (χ3n) is 4.62. The number of nitrogens with zero attached hydrogens (tertiary/aromatic N) is 2. The lowest BCUT2D eigenvalue weighted by Crippen LogP contribution is -2.52. The number of carbonyl (C=O) groups is 2. The van der Waals surface area contributed by atoms with Crippen molar-refractivity contribution in [3.8, 4) is 0 Å². The van der Waals surface area contributed by atoms with Crippen LogP contribution in [0.4, 0.5) is 10.1 Å². The molecule has 0 aromatic heterocycles. The Labute approximate surface area is 157 Å². The van der Waals surface area contributed by atoms with Crippen LogP contribution in [0.15, 0.2) is 48.5 Å². The molecule has 1 saturated heterocycles. The fraction of sp³-hybridized carbons (Fsp3) is 0.300. The van der Waals surface area contributed by atoms with Gasteiger partial charge in [-0.3, -0.25) is 25.3 Å². The summed E-state index contributed by atoms with van der Waals surface area (Å²) >= 11 is 0. The van der Waals surface area contributed by atoms with Crippen molar-refractivity contribution < 1.29 is 14.0 Å². The summed E-state index contributed by atoms with van der Waals surface area (Å²) in [5.41, 5.74) is 7.51. The highest BCUT2D eigenvalue weighted by atomic mass is 19.1. The van der Waals surface area contributed by atoms with E-state index in [1.807, 2.05) is 17.0 Å². The van der Waals surface area contributed by atoms with Crippen molar-refractivity contribution in [1.29, 1.82) is 0 Å². The second-order valence-electron chi connectivity index (χ2n) is 6.56. The maximum absolute atomic E-state index is 12.9. The number of halogens is 1. The third kappa shape index (κ3) is 5.04. The Kier molecular flexibility index (Phi) is 6.03. The largest absolute Gasteiger partial charge is 0.369 e. The highest BCUT2D eigenvalue weighted by Crippen LogP contribution is 2.20. The normalized spacial score (nSPS) is 14.7. The number of carbonyl (C=O) groups excluding carboxylic acids is 2. The smallest absolute Gasteiger partial charge is 0.269 e. The van der Waals surface area contributed by atoms with Gasteiger partial charge >= 0.3 is 0 Å². The first-order valence-electron chi connectivity index (χ1n) is 8.90. The monoisotopic (exact) mass is 370 g/mol. The van der Waals surface area contributed by atoms with E-state index in [1.54, 1.807) is 0 Å². The maximum Gasteiger partial charge on any atom is 0.269 e. The van der Waals surface area contributed by atoms with Gasteiger partial charge < -0.3 is 4.90 Å². The van der Waals surface area contributed by atoms with Crippen LogP contribution in [0.3, 0.4) is 0 Å². The fourth-order valence-electron chi connectivity index (χ4n) is 3.11. The third-order valence-corrected chi connectivity index (χ3v) is 4.62. The number of benzene rings is 2. The molecule has 0 atom stereocenters. The minimum atomic E-state index is -0.479. The lowest BCUT2D eigenvalue weighted by atomic mass is 10.1. The van der Waals surface area contributed by atoms with Gasteiger partial charge in [-0.2, -0.15) is 0 Å². The Bertz CT molecular complexity index is 802. The molecule has 0 aliphatic carbocycles. The van der Waals surface area contributed by atoms with Gasteiger partial charge in [-0.05, 0) is 42.8 Å². The van der Waals surface area contributed by atoms with Crippen molar-refractivity contribution >= 4 is 17.5 Å². The van der Waals surface area contributed by atoms with Gasteiger partial charge in [0.1, 0.15) is 5.82 Å². The Hall–Kier alpha value is -2.93. The number of piperazine rings is 1. The molecule has 7 heteroatoms. The Morgan fingerprint density at radius 3 is 2.30 bits per heavy atom. The summed E-state index contributed by atoms with van der Waals surface area (Å²) < 4.78 is 12.9. The summed E-state index contributed by atoms with van der Waals surface area (Å²) in [7, 11) is 0. The van der Waals surface area contributed by atoms with Crippen molar-refractivity contribution in [2.75, 3.05) is 37.6 Å². The highest BCUT2D eigenvalue weighted by molar-refractivity contribution is 5.95. The van der Waals surface area contributed by atoms with E-state index in [2.05, 4.69) is 34.8 Å². The number of anilines is 1. The molecule has 0 unspecified atom stereocenters. The summed E-state index contributed by atoms with van der Waals surface area (Å²) in [4.78, 5) is 28.4. The van der Waals surface area contributed by atoms with Crippen LogP contribution in [-0.2, 0) is 4.79 Å².